The molecule has 4 nitrogen and oxygen atoms in total. The van der Waals surface area contributed by atoms with Crippen LogP contribution < -0.4 is 5.32 Å². The first-order valence-corrected chi connectivity index (χ1v) is 9.20. The fourth-order valence-electron chi connectivity index (χ4n) is 2.62. The number of hydrogen-bond donors (Lipinski definition) is 1. The topological polar surface area (TPSA) is 61.6 Å². The van der Waals surface area contributed by atoms with Gasteiger partial charge in [-0.2, -0.15) is 5.26 Å². The highest BCUT2D eigenvalue weighted by Gasteiger charge is 1.98. The molecule has 3 aromatic rings. The Morgan fingerprint density at radius 1 is 0.964 bits per heavy atom. The molecule has 1 N–H and O–H groups in total. The van der Waals surface area contributed by atoms with Crippen LogP contribution in [0.3, 0.4) is 0 Å². The van der Waals surface area contributed by atoms with Gasteiger partial charge in [0.25, 0.3) is 0 Å². The van der Waals surface area contributed by atoms with Gasteiger partial charge in [0, 0.05) is 17.6 Å². The largest absolute Gasteiger partial charge is 0.324 e. The second-order valence-corrected chi connectivity index (χ2v) is 6.62. The first kappa shape index (κ1) is 20.9. The molecule has 3 rings (SSSR count). The second-order valence-electron chi connectivity index (χ2n) is 6.62. The third-order valence-electron chi connectivity index (χ3n) is 4.37. The summed E-state index contributed by atoms with van der Waals surface area (Å²) >= 11 is 0. The van der Waals surface area contributed by atoms with E-state index in [1.807, 2.05) is 32.0 Å². The van der Waals surface area contributed by atoms with Crippen molar-refractivity contribution in [1.82, 2.24) is 9.97 Å². The molecule has 0 amide bonds. The van der Waals surface area contributed by atoms with Gasteiger partial charge in [-0.25, -0.2) is 9.97 Å². The van der Waals surface area contributed by atoms with Crippen molar-refractivity contribution >= 4 is 17.7 Å². The van der Waals surface area contributed by atoms with Crippen molar-refractivity contribution in [3.8, 4) is 6.07 Å². The smallest absolute Gasteiger partial charge is 0.227 e. The van der Waals surface area contributed by atoms with Crippen LogP contribution in [0.4, 0.5) is 11.6 Å². The van der Waals surface area contributed by atoms with Crippen molar-refractivity contribution in [3.63, 3.8) is 0 Å². The van der Waals surface area contributed by atoms with Crippen LogP contribution in [-0.2, 0) is 0 Å². The molecule has 2 aromatic carbocycles. The van der Waals surface area contributed by atoms with Gasteiger partial charge in [0.1, 0.15) is 0 Å². The minimum atomic E-state index is 0.560. The van der Waals surface area contributed by atoms with Crippen molar-refractivity contribution < 1.29 is 0 Å². The molecule has 0 atom stereocenters. The standard InChI is InChI=1S/C12H10N4.C12H16/c1-9-6-7-14-12(15-9)16-11-4-2-10(8-13)3-5-11;1-5-6-12-7-9(2)11(4)10(3)8-12/h2-7H,1H3,(H,14,15,16);5-8H,1-4H3/b;6-5-. The Bertz CT molecular complexity index is 973. The fourth-order valence-corrected chi connectivity index (χ4v) is 2.62. The molecule has 0 fully saturated rings. The zero-order valence-electron chi connectivity index (χ0n) is 17.1. The Morgan fingerprint density at radius 3 is 2.14 bits per heavy atom. The van der Waals surface area contributed by atoms with Gasteiger partial charge in [-0.3, -0.25) is 0 Å². The lowest BCUT2D eigenvalue weighted by molar-refractivity contribution is 1.11. The van der Waals surface area contributed by atoms with Gasteiger partial charge in [-0.15, -0.1) is 0 Å². The van der Waals surface area contributed by atoms with Gasteiger partial charge in [-0.05, 0) is 87.2 Å². The van der Waals surface area contributed by atoms with Gasteiger partial charge in [0.15, 0.2) is 0 Å². The molecule has 142 valence electrons. The molecule has 1 heterocycles. The van der Waals surface area contributed by atoms with Crippen LogP contribution in [0.15, 0.2) is 54.7 Å². The summed E-state index contributed by atoms with van der Waals surface area (Å²) in [5, 5.41) is 11.7. The lowest BCUT2D eigenvalue weighted by Gasteiger charge is -2.05. The quantitative estimate of drug-likeness (QED) is 0.610. The molecule has 0 bridgehead atoms. The van der Waals surface area contributed by atoms with Gasteiger partial charge in [0.05, 0.1) is 11.6 Å². The first-order chi connectivity index (χ1) is 13.4. The van der Waals surface area contributed by atoms with Crippen LogP contribution in [0.25, 0.3) is 6.08 Å². The van der Waals surface area contributed by atoms with Crippen LogP contribution in [0.5, 0.6) is 0 Å². The summed E-state index contributed by atoms with van der Waals surface area (Å²) in [6, 6.07) is 15.5. The minimum absolute atomic E-state index is 0.560. The number of aromatic nitrogens is 2. The Morgan fingerprint density at radius 2 is 1.61 bits per heavy atom. The zero-order chi connectivity index (χ0) is 20.5. The summed E-state index contributed by atoms with van der Waals surface area (Å²) in [7, 11) is 0. The maximum absolute atomic E-state index is 8.66. The molecule has 0 aliphatic carbocycles. The Kier molecular flexibility index (Phi) is 7.47. The summed E-state index contributed by atoms with van der Waals surface area (Å²) in [5.41, 5.74) is 7.87. The summed E-state index contributed by atoms with van der Waals surface area (Å²) < 4.78 is 0. The van der Waals surface area contributed by atoms with E-state index in [4.69, 9.17) is 5.26 Å². The van der Waals surface area contributed by atoms with Gasteiger partial charge in [0.2, 0.25) is 5.95 Å². The average molecular weight is 371 g/mol. The van der Waals surface area contributed by atoms with E-state index >= 15 is 0 Å². The molecule has 0 saturated heterocycles. The zero-order valence-corrected chi connectivity index (χ0v) is 17.1. The summed E-state index contributed by atoms with van der Waals surface area (Å²) in [6.45, 7) is 10.4. The van der Waals surface area contributed by atoms with Crippen molar-refractivity contribution in [2.75, 3.05) is 5.32 Å². The molecule has 4 heteroatoms. The Labute approximate surface area is 167 Å². The third kappa shape index (κ3) is 6.07. The number of benzene rings is 2. The molecule has 0 unspecified atom stereocenters. The van der Waals surface area contributed by atoms with E-state index < -0.39 is 0 Å². The van der Waals surface area contributed by atoms with Gasteiger partial charge >= 0.3 is 0 Å². The van der Waals surface area contributed by atoms with E-state index in [9.17, 15) is 0 Å². The van der Waals surface area contributed by atoms with E-state index in [1.54, 1.807) is 18.3 Å². The van der Waals surface area contributed by atoms with Crippen LogP contribution in [0, 0.1) is 39.0 Å². The molecular formula is C24H26N4. The monoisotopic (exact) mass is 370 g/mol. The normalized spacial score (nSPS) is 10.1. The molecule has 0 aliphatic heterocycles. The van der Waals surface area contributed by atoms with Crippen LogP contribution >= 0.6 is 0 Å². The predicted octanol–water partition coefficient (Wildman–Crippen LogP) is 6.05. The van der Waals surface area contributed by atoms with Crippen molar-refractivity contribution in [3.05, 3.63) is 88.2 Å². The fraction of sp³-hybridized carbons (Fsp3) is 0.208. The van der Waals surface area contributed by atoms with E-state index in [0.29, 0.717) is 11.5 Å². The highest BCUT2D eigenvalue weighted by molar-refractivity contribution is 5.55. The number of hydrogen-bond acceptors (Lipinski definition) is 4. The maximum atomic E-state index is 8.66. The summed E-state index contributed by atoms with van der Waals surface area (Å²) in [5.74, 6) is 0.560. The van der Waals surface area contributed by atoms with E-state index in [0.717, 1.165) is 11.4 Å². The molecule has 0 spiro atoms. The second kappa shape index (κ2) is 10.0. The molecule has 1 aromatic heterocycles. The molecule has 0 saturated carbocycles. The van der Waals surface area contributed by atoms with Crippen LogP contribution in [0.1, 0.15) is 40.4 Å². The predicted molar refractivity (Wildman–Crippen MR) is 117 cm³/mol. The number of allylic oxidation sites excluding steroid dienone is 1. The number of nitrogens with zero attached hydrogens (tertiary/aromatic N) is 3. The van der Waals surface area contributed by atoms with E-state index in [1.165, 1.54) is 22.3 Å². The first-order valence-electron chi connectivity index (χ1n) is 9.20. The van der Waals surface area contributed by atoms with Crippen molar-refractivity contribution in [2.24, 2.45) is 0 Å². The summed E-state index contributed by atoms with van der Waals surface area (Å²) in [4.78, 5) is 8.31. The number of nitriles is 1. The van der Waals surface area contributed by atoms with E-state index in [-0.39, 0.29) is 0 Å². The van der Waals surface area contributed by atoms with Gasteiger partial charge in [-0.1, -0.05) is 24.3 Å². The van der Waals surface area contributed by atoms with E-state index in [2.05, 4.69) is 66.4 Å². The molecule has 0 aliphatic rings. The maximum Gasteiger partial charge on any atom is 0.227 e. The number of nitrogens with one attached hydrogen (secondary N) is 1. The molecule has 0 radical (unpaired) electrons. The van der Waals surface area contributed by atoms with Crippen LogP contribution in [0.2, 0.25) is 0 Å². The summed E-state index contributed by atoms with van der Waals surface area (Å²) in [6.07, 6.45) is 5.91. The van der Waals surface area contributed by atoms with Crippen LogP contribution in [-0.4, -0.2) is 9.97 Å². The van der Waals surface area contributed by atoms with Crippen molar-refractivity contribution in [2.45, 2.75) is 34.6 Å². The third-order valence-corrected chi connectivity index (χ3v) is 4.37. The number of aryl methyl sites for hydroxylation is 3. The average Bonchev–Trinajstić information content (AvgIpc) is 2.67. The Hall–Kier alpha value is -3.45. The lowest BCUT2D eigenvalue weighted by atomic mass is 10.0. The lowest BCUT2D eigenvalue weighted by Crippen LogP contribution is -1.97. The van der Waals surface area contributed by atoms with Gasteiger partial charge < -0.3 is 5.32 Å². The molecule has 28 heavy (non-hydrogen) atoms. The molecular weight excluding hydrogens is 344 g/mol. The minimum Gasteiger partial charge on any atom is -0.324 e. The highest BCUT2D eigenvalue weighted by atomic mass is 15.1. The Balaban J connectivity index is 0.000000209. The van der Waals surface area contributed by atoms with Crippen molar-refractivity contribution in [1.29, 1.82) is 5.26 Å². The highest BCUT2D eigenvalue weighted by Crippen LogP contribution is 2.16. The number of rotatable bonds is 3. The SMILES string of the molecule is C/C=C\c1cc(C)c(C)c(C)c1.Cc1ccnc(Nc2ccc(C#N)cc2)n1. The number of anilines is 2.